The van der Waals surface area contributed by atoms with Crippen LogP contribution in [-0.4, -0.2) is 34.9 Å². The van der Waals surface area contributed by atoms with Crippen molar-refractivity contribution in [2.24, 2.45) is 7.05 Å². The summed E-state index contributed by atoms with van der Waals surface area (Å²) < 4.78 is 53.8. The maximum absolute atomic E-state index is 13.8. The molecular formula is C25H25BrF3N3O2. The molecular weight excluding hydrogens is 511 g/mol. The molecule has 3 aromatic rings. The summed E-state index contributed by atoms with van der Waals surface area (Å²) in [4.78, 5) is 2.40. The molecule has 5 rings (SSSR count). The van der Waals surface area contributed by atoms with Crippen LogP contribution in [0.15, 0.2) is 36.5 Å². The highest BCUT2D eigenvalue weighted by Gasteiger charge is 2.38. The molecule has 0 fully saturated rings. The van der Waals surface area contributed by atoms with Gasteiger partial charge in [-0.3, -0.25) is 9.58 Å². The lowest BCUT2D eigenvalue weighted by Gasteiger charge is -2.39. The summed E-state index contributed by atoms with van der Waals surface area (Å²) in [6.45, 7) is 2.04. The van der Waals surface area contributed by atoms with Gasteiger partial charge in [-0.1, -0.05) is 22.0 Å². The van der Waals surface area contributed by atoms with Gasteiger partial charge in [-0.25, -0.2) is 0 Å². The Morgan fingerprint density at radius 2 is 2.03 bits per heavy atom. The van der Waals surface area contributed by atoms with E-state index < -0.39 is 11.9 Å². The first kappa shape index (κ1) is 23.2. The monoisotopic (exact) mass is 535 g/mol. The van der Waals surface area contributed by atoms with Crippen molar-refractivity contribution in [3.8, 4) is 22.6 Å². The second-order valence-corrected chi connectivity index (χ2v) is 9.32. The molecule has 9 heteroatoms. The zero-order valence-electron chi connectivity index (χ0n) is 19.0. The SMILES string of the molecule is COc1ccc2c(c1)[C@@H](N1CCc3c(cc(CBr)cc3-c3cn(C)nc3C(F)(F)F)C1)CCO2. The molecule has 0 N–H and O–H groups in total. The van der Waals surface area contributed by atoms with E-state index in [2.05, 4.69) is 32.0 Å². The lowest BCUT2D eigenvalue weighted by atomic mass is 9.87. The Labute approximate surface area is 204 Å². The molecule has 34 heavy (non-hydrogen) atoms. The third-order valence-electron chi connectivity index (χ3n) is 6.63. The van der Waals surface area contributed by atoms with Gasteiger partial charge < -0.3 is 9.47 Å². The molecule has 2 aliphatic rings. The summed E-state index contributed by atoms with van der Waals surface area (Å²) >= 11 is 3.50. The van der Waals surface area contributed by atoms with Crippen LogP contribution in [-0.2, 0) is 31.5 Å². The van der Waals surface area contributed by atoms with E-state index in [0.29, 0.717) is 30.5 Å². The number of methoxy groups -OCH3 is 1. The van der Waals surface area contributed by atoms with Gasteiger partial charge in [-0.05, 0) is 52.9 Å². The quantitative estimate of drug-likeness (QED) is 0.390. The molecule has 5 nitrogen and oxygen atoms in total. The number of ether oxygens (including phenoxy) is 2. The van der Waals surface area contributed by atoms with Crippen molar-refractivity contribution in [3.05, 3.63) is 64.5 Å². The molecule has 0 bridgehead atoms. The molecule has 1 aromatic heterocycles. The number of aromatic nitrogens is 2. The van der Waals surface area contributed by atoms with Gasteiger partial charge in [-0.2, -0.15) is 18.3 Å². The van der Waals surface area contributed by atoms with E-state index in [9.17, 15) is 13.2 Å². The second-order valence-electron chi connectivity index (χ2n) is 8.75. The van der Waals surface area contributed by atoms with E-state index in [-0.39, 0.29) is 11.6 Å². The minimum absolute atomic E-state index is 0.142. The van der Waals surface area contributed by atoms with Gasteiger partial charge in [0.2, 0.25) is 0 Å². The summed E-state index contributed by atoms with van der Waals surface area (Å²) in [7, 11) is 3.17. The normalized spacial score (nSPS) is 18.2. The largest absolute Gasteiger partial charge is 0.497 e. The molecule has 0 radical (unpaired) electrons. The first-order valence-corrected chi connectivity index (χ1v) is 12.3. The molecule has 0 amide bonds. The van der Waals surface area contributed by atoms with E-state index in [4.69, 9.17) is 9.47 Å². The van der Waals surface area contributed by atoms with E-state index in [1.165, 1.54) is 17.9 Å². The van der Waals surface area contributed by atoms with Crippen LogP contribution < -0.4 is 9.47 Å². The van der Waals surface area contributed by atoms with Crippen molar-refractivity contribution < 1.29 is 22.6 Å². The third kappa shape index (κ3) is 4.20. The second kappa shape index (κ2) is 8.92. The number of hydrogen-bond acceptors (Lipinski definition) is 4. The van der Waals surface area contributed by atoms with Gasteiger partial charge in [0.15, 0.2) is 5.69 Å². The highest BCUT2D eigenvalue weighted by atomic mass is 79.9. The lowest BCUT2D eigenvalue weighted by molar-refractivity contribution is -0.140. The topological polar surface area (TPSA) is 39.5 Å². The molecule has 0 saturated carbocycles. The molecule has 0 aliphatic carbocycles. The highest BCUT2D eigenvalue weighted by molar-refractivity contribution is 9.08. The van der Waals surface area contributed by atoms with Crippen molar-refractivity contribution in [2.45, 2.75) is 36.9 Å². The van der Waals surface area contributed by atoms with E-state index in [0.717, 1.165) is 46.7 Å². The van der Waals surface area contributed by atoms with Gasteiger partial charge >= 0.3 is 6.18 Å². The van der Waals surface area contributed by atoms with Crippen LogP contribution in [0.25, 0.3) is 11.1 Å². The van der Waals surface area contributed by atoms with Gasteiger partial charge in [0.25, 0.3) is 0 Å². The number of fused-ring (bicyclic) bond motifs is 2. The number of rotatable bonds is 4. The van der Waals surface area contributed by atoms with Crippen LogP contribution in [0.3, 0.4) is 0 Å². The van der Waals surface area contributed by atoms with Crippen LogP contribution in [0.1, 0.15) is 40.4 Å². The smallest absolute Gasteiger partial charge is 0.435 e. The summed E-state index contributed by atoms with van der Waals surface area (Å²) in [5.41, 5.74) is 4.00. The van der Waals surface area contributed by atoms with Gasteiger partial charge in [0, 0.05) is 55.3 Å². The van der Waals surface area contributed by atoms with Crippen molar-refractivity contribution >= 4 is 15.9 Å². The molecule has 1 atom stereocenters. The summed E-state index contributed by atoms with van der Waals surface area (Å²) in [6, 6.07) is 10.0. The fourth-order valence-corrected chi connectivity index (χ4v) is 5.45. The Bertz CT molecular complexity index is 1220. The van der Waals surface area contributed by atoms with Crippen LogP contribution in [0, 0.1) is 0 Å². The predicted octanol–water partition coefficient (Wildman–Crippen LogP) is 5.89. The molecule has 2 aliphatic heterocycles. The molecule has 0 saturated heterocycles. The zero-order chi connectivity index (χ0) is 24.0. The zero-order valence-corrected chi connectivity index (χ0v) is 20.5. The van der Waals surface area contributed by atoms with Crippen molar-refractivity contribution in [3.63, 3.8) is 0 Å². The van der Waals surface area contributed by atoms with Crippen LogP contribution in [0.2, 0.25) is 0 Å². The maximum atomic E-state index is 13.8. The van der Waals surface area contributed by atoms with Crippen LogP contribution in [0.4, 0.5) is 13.2 Å². The van der Waals surface area contributed by atoms with E-state index >= 15 is 0 Å². The average molecular weight is 536 g/mol. The van der Waals surface area contributed by atoms with Crippen LogP contribution in [0.5, 0.6) is 11.5 Å². The summed E-state index contributed by atoms with van der Waals surface area (Å²) in [5, 5.41) is 4.30. The number of hydrogen-bond donors (Lipinski definition) is 0. The van der Waals surface area contributed by atoms with E-state index in [1.54, 1.807) is 7.11 Å². The minimum atomic E-state index is -4.51. The Balaban J connectivity index is 1.55. The Kier molecular flexibility index (Phi) is 6.10. The van der Waals surface area contributed by atoms with Gasteiger partial charge in [-0.15, -0.1) is 0 Å². The number of nitrogens with zero attached hydrogens (tertiary/aromatic N) is 3. The summed E-state index contributed by atoms with van der Waals surface area (Å²) in [6.07, 6.45) is -1.53. The fourth-order valence-electron chi connectivity index (χ4n) is 5.13. The summed E-state index contributed by atoms with van der Waals surface area (Å²) in [5.74, 6) is 1.65. The Hall–Kier alpha value is -2.52. The molecule has 0 unspecified atom stereocenters. The third-order valence-corrected chi connectivity index (χ3v) is 7.28. The molecule has 180 valence electrons. The van der Waals surface area contributed by atoms with Crippen molar-refractivity contribution in [1.29, 1.82) is 0 Å². The standard InChI is InChI=1S/C25H25BrF3N3O2/c1-31-14-21(24(30-31)25(27,28)29)19-10-15(12-26)9-16-13-32(7-5-18(16)19)22-6-8-34-23-4-3-17(33-2)11-20(22)23/h3-4,9-11,14,22H,5-8,12-13H2,1-2H3/t22-/m0/s1. The number of halogens is 4. The molecule has 2 aromatic carbocycles. The number of aryl methyl sites for hydroxylation is 1. The number of benzene rings is 2. The first-order valence-electron chi connectivity index (χ1n) is 11.1. The predicted molar refractivity (Wildman–Crippen MR) is 126 cm³/mol. The lowest BCUT2D eigenvalue weighted by Crippen LogP contribution is -2.37. The first-order chi connectivity index (χ1) is 16.3. The Morgan fingerprint density at radius 1 is 1.21 bits per heavy atom. The van der Waals surface area contributed by atoms with Crippen molar-refractivity contribution in [2.75, 3.05) is 20.3 Å². The number of alkyl halides is 4. The molecule has 0 spiro atoms. The van der Waals surface area contributed by atoms with Gasteiger partial charge in [0.05, 0.1) is 13.7 Å². The van der Waals surface area contributed by atoms with E-state index in [1.807, 2.05) is 24.3 Å². The van der Waals surface area contributed by atoms with Crippen molar-refractivity contribution in [1.82, 2.24) is 14.7 Å². The minimum Gasteiger partial charge on any atom is -0.497 e. The van der Waals surface area contributed by atoms with Crippen LogP contribution >= 0.6 is 15.9 Å². The van der Waals surface area contributed by atoms with Gasteiger partial charge in [0.1, 0.15) is 11.5 Å². The Morgan fingerprint density at radius 3 is 2.76 bits per heavy atom. The average Bonchev–Trinajstić information content (AvgIpc) is 3.24. The maximum Gasteiger partial charge on any atom is 0.435 e. The fraction of sp³-hybridized carbons (Fsp3) is 0.400. The molecule has 3 heterocycles. The highest BCUT2D eigenvalue weighted by Crippen LogP contribution is 2.43.